The lowest BCUT2D eigenvalue weighted by Gasteiger charge is -2.39. The van der Waals surface area contributed by atoms with Gasteiger partial charge in [-0.25, -0.2) is 0 Å². The van der Waals surface area contributed by atoms with Crippen LogP contribution in [0.15, 0.2) is 97.1 Å². The first-order valence-electron chi connectivity index (χ1n) is 9.76. The molecule has 4 aromatic carbocycles. The normalized spacial score (nSPS) is 11.4. The topological polar surface area (TPSA) is 40.5 Å². The molecule has 0 aliphatic carbocycles. The molecule has 0 amide bonds. The zero-order chi connectivity index (χ0) is 20.4. The van der Waals surface area contributed by atoms with Gasteiger partial charge in [-0.2, -0.15) is 0 Å². The van der Waals surface area contributed by atoms with Gasteiger partial charge in [0.25, 0.3) is 0 Å². The second-order valence-electron chi connectivity index (χ2n) is 7.38. The van der Waals surface area contributed by atoms with E-state index in [0.29, 0.717) is 0 Å². The molecule has 0 spiro atoms. The molecule has 2 nitrogen and oxygen atoms in total. The summed E-state index contributed by atoms with van der Waals surface area (Å²) in [5.41, 5.74) is 5.09. The van der Waals surface area contributed by atoms with E-state index in [4.69, 9.17) is 0 Å². The molecule has 144 valence electrons. The summed E-state index contributed by atoms with van der Waals surface area (Å²) >= 11 is 0. The fraction of sp³-hybridized carbons (Fsp3) is 0.111. The highest BCUT2D eigenvalue weighted by Crippen LogP contribution is 2.49. The van der Waals surface area contributed by atoms with Gasteiger partial charge in [0.15, 0.2) is 0 Å². The molecule has 0 aliphatic heterocycles. The molecule has 0 atom stereocenters. The predicted octanol–water partition coefficient (Wildman–Crippen LogP) is 6.10. The zero-order valence-electron chi connectivity index (χ0n) is 16.6. The highest BCUT2D eigenvalue weighted by Gasteiger charge is 2.41. The van der Waals surface area contributed by atoms with E-state index in [2.05, 4.69) is 36.4 Å². The van der Waals surface area contributed by atoms with Gasteiger partial charge >= 0.3 is 0 Å². The third-order valence-electron chi connectivity index (χ3n) is 5.83. The summed E-state index contributed by atoms with van der Waals surface area (Å²) in [7, 11) is 0. The van der Waals surface area contributed by atoms with Gasteiger partial charge in [0.05, 0.1) is 5.41 Å². The maximum atomic E-state index is 10.6. The summed E-state index contributed by atoms with van der Waals surface area (Å²) in [6.45, 7) is 3.90. The summed E-state index contributed by atoms with van der Waals surface area (Å²) in [5.74, 6) is 0.521. The van der Waals surface area contributed by atoms with Crippen LogP contribution in [0.3, 0.4) is 0 Å². The molecule has 4 rings (SSSR count). The molecular formula is C27H24O2. The van der Waals surface area contributed by atoms with E-state index in [1.54, 1.807) is 12.1 Å². The molecule has 29 heavy (non-hydrogen) atoms. The van der Waals surface area contributed by atoms with Crippen molar-refractivity contribution in [3.63, 3.8) is 0 Å². The average Bonchev–Trinajstić information content (AvgIpc) is 2.76. The van der Waals surface area contributed by atoms with Gasteiger partial charge in [0, 0.05) is 0 Å². The summed E-state index contributed by atoms with van der Waals surface area (Å²) in [6.07, 6.45) is 0. The van der Waals surface area contributed by atoms with Crippen LogP contribution in [0.5, 0.6) is 11.5 Å². The Morgan fingerprint density at radius 1 is 0.483 bits per heavy atom. The van der Waals surface area contributed by atoms with E-state index in [-0.39, 0.29) is 11.5 Å². The highest BCUT2D eigenvalue weighted by molar-refractivity contribution is 5.65. The fourth-order valence-electron chi connectivity index (χ4n) is 4.37. The number of phenolic OH excluding ortho intramolecular Hbond substituents is 2. The number of rotatable bonds is 4. The first-order valence-corrected chi connectivity index (χ1v) is 9.76. The van der Waals surface area contributed by atoms with E-state index in [1.165, 1.54) is 0 Å². The van der Waals surface area contributed by atoms with Gasteiger partial charge in [-0.1, -0.05) is 84.9 Å². The van der Waals surface area contributed by atoms with Crippen LogP contribution in [0.2, 0.25) is 0 Å². The first kappa shape index (κ1) is 18.8. The third kappa shape index (κ3) is 2.98. The first-order chi connectivity index (χ1) is 14.1. The van der Waals surface area contributed by atoms with Crippen molar-refractivity contribution in [2.45, 2.75) is 19.3 Å². The molecule has 0 unspecified atom stereocenters. The van der Waals surface area contributed by atoms with Gasteiger partial charge in [0.1, 0.15) is 11.5 Å². The van der Waals surface area contributed by atoms with E-state index in [1.807, 2.05) is 62.4 Å². The van der Waals surface area contributed by atoms with Crippen LogP contribution < -0.4 is 0 Å². The average molecular weight is 380 g/mol. The van der Waals surface area contributed by atoms with Crippen LogP contribution in [-0.2, 0) is 5.41 Å². The van der Waals surface area contributed by atoms with Crippen LogP contribution in [0.1, 0.15) is 33.4 Å². The molecule has 0 fully saturated rings. The van der Waals surface area contributed by atoms with Crippen LogP contribution in [-0.4, -0.2) is 10.2 Å². The molecule has 2 heteroatoms. The predicted molar refractivity (Wildman–Crippen MR) is 118 cm³/mol. The Labute approximate surface area is 171 Å². The third-order valence-corrected chi connectivity index (χ3v) is 5.83. The van der Waals surface area contributed by atoms with Crippen molar-refractivity contribution in [1.29, 1.82) is 0 Å². The van der Waals surface area contributed by atoms with E-state index < -0.39 is 5.41 Å². The van der Waals surface area contributed by atoms with Crippen LogP contribution in [0.25, 0.3) is 0 Å². The largest absolute Gasteiger partial charge is 0.508 e. The van der Waals surface area contributed by atoms with E-state index in [0.717, 1.165) is 33.4 Å². The monoisotopic (exact) mass is 380 g/mol. The van der Waals surface area contributed by atoms with Crippen molar-refractivity contribution in [1.82, 2.24) is 0 Å². The minimum Gasteiger partial charge on any atom is -0.508 e. The number of phenols is 2. The molecule has 0 aliphatic rings. The molecule has 0 heterocycles. The Balaban J connectivity index is 2.24. The SMILES string of the molecule is Cc1c(O)cccc1C(c1ccccc1)(c1ccccc1)c1cccc(O)c1C. The number of hydrogen-bond donors (Lipinski definition) is 2. The van der Waals surface area contributed by atoms with Gasteiger partial charge in [-0.05, 0) is 59.4 Å². The van der Waals surface area contributed by atoms with Gasteiger partial charge < -0.3 is 10.2 Å². The Morgan fingerprint density at radius 2 is 0.862 bits per heavy atom. The molecule has 0 bridgehead atoms. The minimum atomic E-state index is -0.686. The van der Waals surface area contributed by atoms with Crippen LogP contribution >= 0.6 is 0 Å². The second-order valence-corrected chi connectivity index (χ2v) is 7.38. The summed E-state index contributed by atoms with van der Waals surface area (Å²) in [4.78, 5) is 0. The van der Waals surface area contributed by atoms with Crippen molar-refractivity contribution < 1.29 is 10.2 Å². The quantitative estimate of drug-likeness (QED) is 0.420. The molecule has 0 saturated carbocycles. The Hall–Kier alpha value is -3.52. The lowest BCUT2D eigenvalue weighted by molar-refractivity contribution is 0.467. The van der Waals surface area contributed by atoms with Gasteiger partial charge in [-0.15, -0.1) is 0 Å². The molecule has 0 radical (unpaired) electrons. The van der Waals surface area contributed by atoms with Crippen LogP contribution in [0.4, 0.5) is 0 Å². The Morgan fingerprint density at radius 3 is 1.24 bits per heavy atom. The van der Waals surface area contributed by atoms with E-state index >= 15 is 0 Å². The van der Waals surface area contributed by atoms with Crippen molar-refractivity contribution >= 4 is 0 Å². The van der Waals surface area contributed by atoms with Gasteiger partial charge in [-0.3, -0.25) is 0 Å². The summed E-state index contributed by atoms with van der Waals surface area (Å²) in [6, 6.07) is 31.9. The van der Waals surface area contributed by atoms with Crippen molar-refractivity contribution in [3.8, 4) is 11.5 Å². The zero-order valence-corrected chi connectivity index (χ0v) is 16.6. The smallest absolute Gasteiger partial charge is 0.118 e. The number of hydrogen-bond acceptors (Lipinski definition) is 2. The van der Waals surface area contributed by atoms with Gasteiger partial charge in [0.2, 0.25) is 0 Å². The maximum Gasteiger partial charge on any atom is 0.118 e. The summed E-state index contributed by atoms with van der Waals surface area (Å²) < 4.78 is 0. The maximum absolute atomic E-state index is 10.6. The van der Waals surface area contributed by atoms with Crippen molar-refractivity contribution in [2.75, 3.05) is 0 Å². The Bertz CT molecular complexity index is 1040. The molecule has 4 aromatic rings. The fourth-order valence-corrected chi connectivity index (χ4v) is 4.37. The highest BCUT2D eigenvalue weighted by atomic mass is 16.3. The minimum absolute atomic E-state index is 0.261. The van der Waals surface area contributed by atoms with E-state index in [9.17, 15) is 10.2 Å². The summed E-state index contributed by atoms with van der Waals surface area (Å²) in [5, 5.41) is 21.2. The Kier molecular flexibility index (Phi) is 4.85. The van der Waals surface area contributed by atoms with Crippen LogP contribution in [0, 0.1) is 13.8 Å². The molecular weight excluding hydrogens is 356 g/mol. The standard InChI is InChI=1S/C27H24O2/c1-19-23(15-9-17-25(19)28)27(21-11-5-3-6-12-21,22-13-7-4-8-14-22)24-16-10-18-26(29)20(24)2/h3-18,28-29H,1-2H3. The molecule has 0 aromatic heterocycles. The molecule has 2 N–H and O–H groups in total. The van der Waals surface area contributed by atoms with Crippen molar-refractivity contribution in [2.24, 2.45) is 0 Å². The second kappa shape index (κ2) is 7.48. The lowest BCUT2D eigenvalue weighted by Crippen LogP contribution is -2.32. The lowest BCUT2D eigenvalue weighted by atomic mass is 9.63. The number of aromatic hydroxyl groups is 2. The number of benzene rings is 4. The molecule has 0 saturated heterocycles. The van der Waals surface area contributed by atoms with Crippen molar-refractivity contribution in [3.05, 3.63) is 130 Å².